The van der Waals surface area contributed by atoms with Crippen LogP contribution in [0, 0.1) is 0 Å². The minimum absolute atomic E-state index is 0.0856. The molecule has 0 aliphatic rings. The molecule has 1 rings (SSSR count). The lowest BCUT2D eigenvalue weighted by Gasteiger charge is -2.24. The fourth-order valence-corrected chi connectivity index (χ4v) is 6.30. The maximum Gasteiger partial charge on any atom is 0.435 e. The zero-order valence-corrected chi connectivity index (χ0v) is 25.6. The highest BCUT2D eigenvalue weighted by Gasteiger charge is 2.29. The Kier molecular flexibility index (Phi) is 21.2. The van der Waals surface area contributed by atoms with E-state index in [9.17, 15) is 14.3 Å². The fraction of sp³-hybridized carbons (Fsp3) is 0.767. The number of carbonyl (C=O) groups is 1. The van der Waals surface area contributed by atoms with Crippen molar-refractivity contribution in [3.63, 3.8) is 0 Å². The maximum absolute atomic E-state index is 11.3. The van der Waals surface area contributed by atoms with Gasteiger partial charge in [-0.1, -0.05) is 108 Å². The summed E-state index contributed by atoms with van der Waals surface area (Å²) >= 11 is 2.02. The van der Waals surface area contributed by atoms with Gasteiger partial charge in [-0.3, -0.25) is 0 Å². The van der Waals surface area contributed by atoms with Gasteiger partial charge in [0.1, 0.15) is 0 Å². The number of carboxylic acid groups (broad SMARTS) is 1. The number of benzene rings is 1. The first kappa shape index (κ1) is 35.2. The summed E-state index contributed by atoms with van der Waals surface area (Å²) in [6, 6.07) is 10.8. The monoisotopic (exact) mass is 572 g/mol. The number of aryl methyl sites for hydroxylation is 1. The van der Waals surface area contributed by atoms with Crippen LogP contribution in [0.15, 0.2) is 30.3 Å². The summed E-state index contributed by atoms with van der Waals surface area (Å²) in [5.74, 6) is 1.15. The molecule has 2 N–H and O–H groups in total. The SMILES string of the molecule is CCCCCCC[C@@H](SCCCCCCCCCCc1ccccc1)[C@H](C)OCCCOP(=O)(O)C(=O)O. The standard InChI is InChI=1S/C30H53O6PS/c1-3-4-5-10-17-23-29(27(2)35-24-19-25-36-37(33,34)30(31)32)38-26-18-12-9-7-6-8-11-14-20-28-21-15-13-16-22-28/h13,15-16,21-22,27,29H,3-12,14,17-20,23-26H2,1-2H3,(H,31,32)(H,33,34)/t27-,29+/m0/s1. The van der Waals surface area contributed by atoms with Gasteiger partial charge in [0.25, 0.3) is 0 Å². The normalized spacial score (nSPS) is 14.7. The van der Waals surface area contributed by atoms with Gasteiger partial charge in [-0.25, -0.2) is 9.36 Å². The summed E-state index contributed by atoms with van der Waals surface area (Å²) in [5, 5.41) is 9.09. The summed E-state index contributed by atoms with van der Waals surface area (Å²) in [6.07, 6.45) is 19.6. The second-order valence-electron chi connectivity index (χ2n) is 10.2. The number of thioether (sulfide) groups is 1. The summed E-state index contributed by atoms with van der Waals surface area (Å²) < 4.78 is 21.9. The smallest absolute Gasteiger partial charge is 0.435 e. The van der Waals surface area contributed by atoms with Crippen molar-refractivity contribution in [3.8, 4) is 0 Å². The first-order valence-electron chi connectivity index (χ1n) is 14.8. The number of unbranched alkanes of at least 4 members (excludes halogenated alkanes) is 11. The van der Waals surface area contributed by atoms with Crippen molar-refractivity contribution in [1.82, 2.24) is 0 Å². The van der Waals surface area contributed by atoms with Crippen LogP contribution in [-0.4, -0.2) is 46.0 Å². The van der Waals surface area contributed by atoms with Crippen LogP contribution in [0.1, 0.15) is 116 Å². The van der Waals surface area contributed by atoms with Gasteiger partial charge in [-0.05, 0) is 50.3 Å². The Labute approximate surface area is 236 Å². The van der Waals surface area contributed by atoms with Gasteiger partial charge in [0.15, 0.2) is 0 Å². The molecule has 3 atom stereocenters. The van der Waals surface area contributed by atoms with Crippen LogP contribution in [0.4, 0.5) is 4.79 Å². The van der Waals surface area contributed by atoms with Crippen molar-refractivity contribution in [2.45, 2.75) is 128 Å². The van der Waals surface area contributed by atoms with E-state index in [0.29, 0.717) is 18.3 Å². The van der Waals surface area contributed by atoms with Crippen molar-refractivity contribution in [3.05, 3.63) is 35.9 Å². The molecule has 0 fully saturated rings. The van der Waals surface area contributed by atoms with E-state index in [1.807, 2.05) is 11.8 Å². The number of hydrogen-bond donors (Lipinski definition) is 2. The van der Waals surface area contributed by atoms with Crippen LogP contribution in [0.25, 0.3) is 0 Å². The Hall–Kier alpha value is -0.850. The zero-order chi connectivity index (χ0) is 27.9. The molecule has 6 nitrogen and oxygen atoms in total. The van der Waals surface area contributed by atoms with Gasteiger partial charge < -0.3 is 19.3 Å². The molecule has 0 aliphatic carbocycles. The second kappa shape index (κ2) is 22.9. The summed E-state index contributed by atoms with van der Waals surface area (Å²) in [5.41, 5.74) is -0.364. The molecule has 220 valence electrons. The highest BCUT2D eigenvalue weighted by molar-refractivity contribution is 7.99. The maximum atomic E-state index is 11.3. The third kappa shape index (κ3) is 18.4. The highest BCUT2D eigenvalue weighted by Crippen LogP contribution is 2.42. The third-order valence-corrected chi connectivity index (χ3v) is 9.42. The van der Waals surface area contributed by atoms with Gasteiger partial charge in [-0.15, -0.1) is 0 Å². The van der Waals surface area contributed by atoms with Crippen molar-refractivity contribution in [2.24, 2.45) is 0 Å². The summed E-state index contributed by atoms with van der Waals surface area (Å²) in [7, 11) is -4.56. The Balaban J connectivity index is 2.16. The molecule has 1 unspecified atom stereocenters. The first-order chi connectivity index (χ1) is 18.4. The number of ether oxygens (including phenoxy) is 1. The van der Waals surface area contributed by atoms with E-state index in [1.54, 1.807) is 0 Å². The molecule has 0 aliphatic heterocycles. The van der Waals surface area contributed by atoms with Gasteiger partial charge in [0, 0.05) is 11.9 Å². The third-order valence-electron chi connectivity index (χ3n) is 6.83. The van der Waals surface area contributed by atoms with Gasteiger partial charge in [0.2, 0.25) is 0 Å². The van der Waals surface area contributed by atoms with Crippen LogP contribution in [-0.2, 0) is 20.2 Å². The van der Waals surface area contributed by atoms with Crippen LogP contribution < -0.4 is 0 Å². The topological polar surface area (TPSA) is 93.1 Å². The summed E-state index contributed by atoms with van der Waals surface area (Å²) in [6.45, 7) is 4.63. The molecule has 0 spiro atoms. The van der Waals surface area contributed by atoms with E-state index >= 15 is 0 Å². The molecule has 38 heavy (non-hydrogen) atoms. The Morgan fingerprint density at radius 1 is 0.868 bits per heavy atom. The number of rotatable bonds is 26. The van der Waals surface area contributed by atoms with E-state index in [1.165, 1.54) is 95.5 Å². The van der Waals surface area contributed by atoms with Gasteiger partial charge in [0.05, 0.1) is 12.7 Å². The van der Waals surface area contributed by atoms with Crippen molar-refractivity contribution in [1.29, 1.82) is 0 Å². The largest absolute Gasteiger partial charge is 0.472 e. The molecule has 0 heterocycles. The van der Waals surface area contributed by atoms with Crippen LogP contribution in [0.3, 0.4) is 0 Å². The lowest BCUT2D eigenvalue weighted by molar-refractivity contribution is 0.0537. The first-order valence-corrected chi connectivity index (χ1v) is 17.5. The highest BCUT2D eigenvalue weighted by atomic mass is 32.2. The van der Waals surface area contributed by atoms with Crippen LogP contribution in [0.2, 0.25) is 0 Å². The minimum Gasteiger partial charge on any atom is -0.472 e. The van der Waals surface area contributed by atoms with E-state index in [0.717, 1.165) is 12.2 Å². The van der Waals surface area contributed by atoms with Crippen molar-refractivity contribution >= 4 is 25.1 Å². The zero-order valence-electron chi connectivity index (χ0n) is 23.9. The van der Waals surface area contributed by atoms with Gasteiger partial charge in [-0.2, -0.15) is 11.8 Å². The van der Waals surface area contributed by atoms with E-state index in [4.69, 9.17) is 9.84 Å². The molecule has 0 radical (unpaired) electrons. The van der Waals surface area contributed by atoms with Crippen molar-refractivity contribution in [2.75, 3.05) is 19.0 Å². The Morgan fingerprint density at radius 3 is 2.13 bits per heavy atom. The average molecular weight is 573 g/mol. The predicted octanol–water partition coefficient (Wildman–Crippen LogP) is 9.49. The molecule has 8 heteroatoms. The van der Waals surface area contributed by atoms with Crippen LogP contribution >= 0.6 is 19.4 Å². The molecule has 0 bridgehead atoms. The lowest BCUT2D eigenvalue weighted by Crippen LogP contribution is -2.25. The molecule has 1 aromatic rings. The quantitative estimate of drug-likeness (QED) is 0.0843. The molecule has 1 aromatic carbocycles. The molecule has 0 saturated heterocycles. The van der Waals surface area contributed by atoms with E-state index < -0.39 is 13.3 Å². The molecule has 0 amide bonds. The van der Waals surface area contributed by atoms with E-state index in [2.05, 4.69) is 48.7 Å². The van der Waals surface area contributed by atoms with Gasteiger partial charge >= 0.3 is 13.3 Å². The average Bonchev–Trinajstić information content (AvgIpc) is 2.90. The minimum atomic E-state index is -4.56. The molecular formula is C30H53O6PS. The summed E-state index contributed by atoms with van der Waals surface area (Å²) in [4.78, 5) is 19.9. The Morgan fingerprint density at radius 2 is 1.47 bits per heavy atom. The second-order valence-corrected chi connectivity index (χ2v) is 13.3. The molecule has 0 aromatic heterocycles. The van der Waals surface area contributed by atoms with Crippen LogP contribution in [0.5, 0.6) is 0 Å². The van der Waals surface area contributed by atoms with Crippen molar-refractivity contribution < 1.29 is 28.6 Å². The Bertz CT molecular complexity index is 748. The van der Waals surface area contributed by atoms with E-state index in [-0.39, 0.29) is 12.7 Å². The number of hydrogen-bond acceptors (Lipinski definition) is 5. The lowest BCUT2D eigenvalue weighted by atomic mass is 10.0. The fourth-order valence-electron chi connectivity index (χ4n) is 4.45. The predicted molar refractivity (Wildman–Crippen MR) is 161 cm³/mol. The molecule has 0 saturated carbocycles. The molecular weight excluding hydrogens is 519 g/mol.